The van der Waals surface area contributed by atoms with Crippen molar-refractivity contribution in [1.29, 1.82) is 0 Å². The summed E-state index contributed by atoms with van der Waals surface area (Å²) in [6, 6.07) is 24.4. The van der Waals surface area contributed by atoms with Crippen LogP contribution in [0.1, 0.15) is 42.7 Å². The first-order chi connectivity index (χ1) is 17.2. The summed E-state index contributed by atoms with van der Waals surface area (Å²) >= 11 is 1.54. The van der Waals surface area contributed by atoms with Crippen LogP contribution in [-0.2, 0) is 5.75 Å². The number of benzene rings is 3. The molecule has 1 aliphatic heterocycles. The van der Waals surface area contributed by atoms with Gasteiger partial charge in [0.15, 0.2) is 5.69 Å². The minimum absolute atomic E-state index is 0.456. The third-order valence-corrected chi connectivity index (χ3v) is 6.69. The van der Waals surface area contributed by atoms with E-state index in [0.29, 0.717) is 23.3 Å². The third kappa shape index (κ3) is 5.41. The zero-order valence-corrected chi connectivity index (χ0v) is 20.7. The molecule has 5 rings (SSSR count). The van der Waals surface area contributed by atoms with Crippen molar-refractivity contribution < 1.29 is 9.47 Å². The molecule has 0 amide bonds. The van der Waals surface area contributed by atoms with E-state index in [-0.39, 0.29) is 0 Å². The van der Waals surface area contributed by atoms with Crippen LogP contribution in [0, 0.1) is 6.92 Å². The van der Waals surface area contributed by atoms with Gasteiger partial charge in [-0.2, -0.15) is 4.98 Å². The molecular formula is C28H28N4O2S. The van der Waals surface area contributed by atoms with Gasteiger partial charge in [0, 0.05) is 17.0 Å². The Morgan fingerprint density at radius 3 is 2.63 bits per heavy atom. The van der Waals surface area contributed by atoms with E-state index in [1.54, 1.807) is 11.8 Å². The highest BCUT2D eigenvalue weighted by molar-refractivity contribution is 7.98. The van der Waals surface area contributed by atoms with Crippen LogP contribution in [0.3, 0.4) is 0 Å². The van der Waals surface area contributed by atoms with Crippen molar-refractivity contribution in [3.8, 4) is 22.9 Å². The number of nitrogens with zero attached hydrogens (tertiary/aromatic N) is 3. The Bertz CT molecular complexity index is 1300. The Kier molecular flexibility index (Phi) is 7.14. The molecule has 0 spiro atoms. The number of unbranched alkanes of at least 4 members (excludes halogenated alkanes) is 1. The first-order valence-corrected chi connectivity index (χ1v) is 12.9. The van der Waals surface area contributed by atoms with E-state index < -0.39 is 6.23 Å². The molecule has 1 aromatic heterocycles. The zero-order valence-electron chi connectivity index (χ0n) is 19.9. The summed E-state index contributed by atoms with van der Waals surface area (Å²) in [5.74, 6) is 2.01. The Labute approximate surface area is 210 Å². The summed E-state index contributed by atoms with van der Waals surface area (Å²) in [6.45, 7) is 4.90. The molecule has 1 aliphatic rings. The van der Waals surface area contributed by atoms with E-state index in [0.717, 1.165) is 41.2 Å². The average molecular weight is 485 g/mol. The van der Waals surface area contributed by atoms with Gasteiger partial charge in [-0.15, -0.1) is 10.2 Å². The van der Waals surface area contributed by atoms with Gasteiger partial charge in [0.2, 0.25) is 17.3 Å². The summed E-state index contributed by atoms with van der Waals surface area (Å²) in [6.07, 6.45) is 1.59. The maximum Gasteiger partial charge on any atom is 0.247 e. The minimum atomic E-state index is -0.484. The molecule has 0 fully saturated rings. The second kappa shape index (κ2) is 10.8. The summed E-state index contributed by atoms with van der Waals surface area (Å²) in [5, 5.41) is 13.0. The predicted octanol–water partition coefficient (Wildman–Crippen LogP) is 6.82. The fourth-order valence-corrected chi connectivity index (χ4v) is 4.57. The van der Waals surface area contributed by atoms with Crippen LogP contribution in [0.4, 0.5) is 5.69 Å². The SMILES string of the molecule is CCCCOc1ccccc1C1Nc2ccccc2-c2nnc(SCc3ccc(C)cc3)nc2O1. The molecule has 1 unspecified atom stereocenters. The maximum atomic E-state index is 6.46. The molecule has 178 valence electrons. The van der Waals surface area contributed by atoms with Gasteiger partial charge < -0.3 is 14.8 Å². The lowest BCUT2D eigenvalue weighted by Crippen LogP contribution is -2.18. The van der Waals surface area contributed by atoms with E-state index in [1.807, 2.05) is 48.5 Å². The van der Waals surface area contributed by atoms with Gasteiger partial charge >= 0.3 is 0 Å². The number of para-hydroxylation sites is 2. The average Bonchev–Trinajstić information content (AvgIpc) is 3.05. The topological polar surface area (TPSA) is 69.2 Å². The quantitative estimate of drug-likeness (QED) is 0.217. The summed E-state index contributed by atoms with van der Waals surface area (Å²) < 4.78 is 12.6. The molecule has 35 heavy (non-hydrogen) atoms. The number of fused-ring (bicyclic) bond motifs is 3. The van der Waals surface area contributed by atoms with Gasteiger partial charge in [0.1, 0.15) is 5.75 Å². The Balaban J connectivity index is 1.46. The van der Waals surface area contributed by atoms with E-state index in [2.05, 4.69) is 53.6 Å². The lowest BCUT2D eigenvalue weighted by atomic mass is 10.1. The van der Waals surface area contributed by atoms with E-state index in [4.69, 9.17) is 14.5 Å². The van der Waals surface area contributed by atoms with Crippen molar-refractivity contribution in [3.63, 3.8) is 0 Å². The van der Waals surface area contributed by atoms with Crippen molar-refractivity contribution in [2.24, 2.45) is 0 Å². The van der Waals surface area contributed by atoms with Gasteiger partial charge in [0.05, 0.1) is 12.2 Å². The minimum Gasteiger partial charge on any atom is -0.493 e. The molecule has 4 aromatic rings. The molecule has 0 saturated heterocycles. The third-order valence-electron chi connectivity index (χ3n) is 5.78. The molecule has 2 heterocycles. The van der Waals surface area contributed by atoms with E-state index in [1.165, 1.54) is 11.1 Å². The van der Waals surface area contributed by atoms with Crippen LogP contribution in [0.5, 0.6) is 11.6 Å². The highest BCUT2D eigenvalue weighted by Crippen LogP contribution is 2.41. The summed E-state index contributed by atoms with van der Waals surface area (Å²) in [7, 11) is 0. The molecule has 7 heteroatoms. The number of aryl methyl sites for hydroxylation is 1. The molecule has 1 atom stereocenters. The van der Waals surface area contributed by atoms with Crippen LogP contribution >= 0.6 is 11.8 Å². The van der Waals surface area contributed by atoms with Gasteiger partial charge in [-0.05, 0) is 37.1 Å². The number of nitrogens with one attached hydrogen (secondary N) is 1. The molecule has 0 saturated carbocycles. The zero-order chi connectivity index (χ0) is 24.0. The van der Waals surface area contributed by atoms with Gasteiger partial charge in [-0.3, -0.25) is 0 Å². The number of ether oxygens (including phenoxy) is 2. The van der Waals surface area contributed by atoms with Crippen LogP contribution in [-0.4, -0.2) is 21.8 Å². The Morgan fingerprint density at radius 2 is 1.77 bits per heavy atom. The van der Waals surface area contributed by atoms with E-state index >= 15 is 0 Å². The summed E-state index contributed by atoms with van der Waals surface area (Å²) in [4.78, 5) is 4.77. The van der Waals surface area contributed by atoms with Crippen LogP contribution in [0.2, 0.25) is 0 Å². The molecule has 0 bridgehead atoms. The predicted molar refractivity (Wildman–Crippen MR) is 140 cm³/mol. The molecule has 1 N–H and O–H groups in total. The lowest BCUT2D eigenvalue weighted by molar-refractivity contribution is 0.215. The van der Waals surface area contributed by atoms with Gasteiger partial charge in [-0.1, -0.05) is 85.3 Å². The fourth-order valence-electron chi connectivity index (χ4n) is 3.84. The van der Waals surface area contributed by atoms with Gasteiger partial charge in [-0.25, -0.2) is 0 Å². The second-order valence-electron chi connectivity index (χ2n) is 8.45. The number of rotatable bonds is 8. The van der Waals surface area contributed by atoms with E-state index in [9.17, 15) is 0 Å². The molecule has 0 radical (unpaired) electrons. The number of thioether (sulfide) groups is 1. The van der Waals surface area contributed by atoms with Crippen LogP contribution < -0.4 is 14.8 Å². The standard InChI is InChI=1S/C28H28N4O2S/c1-3-4-17-33-24-12-8-6-10-22(24)26-29-23-11-7-5-9-21(23)25-27(34-26)30-28(32-31-25)35-18-20-15-13-19(2)14-16-20/h5-16,26,29H,3-4,17-18H2,1-2H3. The lowest BCUT2D eigenvalue weighted by Gasteiger charge is -2.22. The van der Waals surface area contributed by atoms with Crippen molar-refractivity contribution in [1.82, 2.24) is 15.2 Å². The first-order valence-electron chi connectivity index (χ1n) is 11.9. The van der Waals surface area contributed by atoms with Crippen LogP contribution in [0.15, 0.2) is 78.0 Å². The fraction of sp³-hybridized carbons (Fsp3) is 0.250. The molecular weight excluding hydrogens is 456 g/mol. The first kappa shape index (κ1) is 23.2. The maximum absolute atomic E-state index is 6.46. The second-order valence-corrected chi connectivity index (χ2v) is 9.39. The highest BCUT2D eigenvalue weighted by atomic mass is 32.2. The molecule has 0 aliphatic carbocycles. The molecule has 6 nitrogen and oxygen atoms in total. The number of hydrogen-bond acceptors (Lipinski definition) is 7. The van der Waals surface area contributed by atoms with Crippen LogP contribution in [0.25, 0.3) is 11.3 Å². The van der Waals surface area contributed by atoms with Crippen molar-refractivity contribution in [3.05, 3.63) is 89.5 Å². The largest absolute Gasteiger partial charge is 0.493 e. The van der Waals surface area contributed by atoms with Gasteiger partial charge in [0.25, 0.3) is 0 Å². The molecule has 3 aromatic carbocycles. The number of hydrogen-bond donors (Lipinski definition) is 1. The van der Waals surface area contributed by atoms with Crippen molar-refractivity contribution >= 4 is 17.4 Å². The van der Waals surface area contributed by atoms with Crippen molar-refractivity contribution in [2.45, 2.75) is 43.8 Å². The Hall–Kier alpha value is -3.58. The number of aromatic nitrogens is 3. The highest BCUT2D eigenvalue weighted by Gasteiger charge is 2.27. The normalized spacial score (nSPS) is 14.2. The van der Waals surface area contributed by atoms with Crippen molar-refractivity contribution in [2.75, 3.05) is 11.9 Å². The monoisotopic (exact) mass is 484 g/mol. The Morgan fingerprint density at radius 1 is 0.971 bits per heavy atom. The smallest absolute Gasteiger partial charge is 0.247 e. The number of anilines is 1. The summed E-state index contributed by atoms with van der Waals surface area (Å²) in [5.41, 5.74) is 5.81.